The molecule has 0 unspecified atom stereocenters. The van der Waals surface area contributed by atoms with E-state index in [1.807, 2.05) is 0 Å². The Bertz CT molecular complexity index is 727. The van der Waals surface area contributed by atoms with Gasteiger partial charge >= 0.3 is 0 Å². The van der Waals surface area contributed by atoms with Crippen LogP contribution < -0.4 is 0 Å². The van der Waals surface area contributed by atoms with Crippen LogP contribution >= 0.6 is 0 Å². The normalized spacial score (nSPS) is 11.1. The Morgan fingerprint density at radius 1 is 0.852 bits per heavy atom. The number of phenolic OH excluding ortho intramolecular Hbond substituents is 1. The molecule has 0 amide bonds. The number of aromatic hydroxyl groups is 1. The van der Waals surface area contributed by atoms with Gasteiger partial charge < -0.3 is 5.11 Å². The smallest absolute Gasteiger partial charge is 0.277 e. The molecule has 0 aliphatic carbocycles. The highest BCUT2D eigenvalue weighted by Gasteiger charge is 2.17. The van der Waals surface area contributed by atoms with Crippen LogP contribution in [0.2, 0.25) is 0 Å². The van der Waals surface area contributed by atoms with Crippen molar-refractivity contribution >= 4 is 16.5 Å². The molecule has 0 fully saturated rings. The summed E-state index contributed by atoms with van der Waals surface area (Å²) in [4.78, 5) is 11.0. The number of unbranched alkanes of at least 4 members (excludes halogenated alkanes) is 10. The van der Waals surface area contributed by atoms with Crippen LogP contribution in [0.5, 0.6) is 5.75 Å². The van der Waals surface area contributed by atoms with Crippen molar-refractivity contribution in [3.8, 4) is 5.75 Å². The van der Waals surface area contributed by atoms with Gasteiger partial charge in [0.1, 0.15) is 5.75 Å². The zero-order chi connectivity index (χ0) is 19.5. The molecule has 0 spiro atoms. The number of phenols is 1. The molecular weight excluding hydrogens is 338 g/mol. The predicted octanol–water partition coefficient (Wildman–Crippen LogP) is 7.31. The van der Waals surface area contributed by atoms with Crippen molar-refractivity contribution < 1.29 is 10.0 Å². The van der Waals surface area contributed by atoms with E-state index in [1.54, 1.807) is 30.3 Å². The Morgan fingerprint density at radius 3 is 1.93 bits per heavy atom. The average Bonchev–Trinajstić information content (AvgIpc) is 2.67. The molecule has 0 aromatic heterocycles. The van der Waals surface area contributed by atoms with Crippen molar-refractivity contribution in [1.82, 2.24) is 0 Å². The molecule has 0 heterocycles. The first kappa shape index (κ1) is 21.2. The Hall–Kier alpha value is -2.10. The molecule has 0 aliphatic heterocycles. The van der Waals surface area contributed by atoms with Crippen LogP contribution in [-0.2, 0) is 6.42 Å². The fraction of sp³-hybridized carbons (Fsp3) is 0.565. The first-order valence-corrected chi connectivity index (χ1v) is 10.5. The summed E-state index contributed by atoms with van der Waals surface area (Å²) in [6.07, 6.45) is 14.6. The lowest BCUT2D eigenvalue weighted by Crippen LogP contribution is -1.95. The Balaban J connectivity index is 1.76. The third kappa shape index (κ3) is 6.53. The van der Waals surface area contributed by atoms with Crippen molar-refractivity contribution in [2.24, 2.45) is 0 Å². The standard InChI is InChI=1S/C23H33NO3/c1-2-3-4-5-6-7-8-9-10-11-12-15-19-18-22(24(26)27)20-16-13-14-17-21(20)23(19)25/h13-14,16-18,25H,2-12,15H2,1H3. The number of nitrogens with zero attached hydrogens (tertiary/aromatic N) is 1. The molecule has 4 nitrogen and oxygen atoms in total. The van der Waals surface area contributed by atoms with Gasteiger partial charge in [-0.05, 0) is 18.9 Å². The number of nitro benzene ring substituents is 1. The summed E-state index contributed by atoms with van der Waals surface area (Å²) in [5.74, 6) is 0.197. The lowest BCUT2D eigenvalue weighted by Gasteiger charge is -2.09. The molecule has 0 radical (unpaired) electrons. The van der Waals surface area contributed by atoms with E-state index in [0.29, 0.717) is 22.8 Å². The number of aryl methyl sites for hydroxylation is 1. The summed E-state index contributed by atoms with van der Waals surface area (Å²) in [6, 6.07) is 8.56. The maximum Gasteiger partial charge on any atom is 0.277 e. The minimum Gasteiger partial charge on any atom is -0.507 e. The van der Waals surface area contributed by atoms with E-state index < -0.39 is 0 Å². The second-order valence-electron chi connectivity index (χ2n) is 7.49. The van der Waals surface area contributed by atoms with Gasteiger partial charge in [0.2, 0.25) is 0 Å². The quantitative estimate of drug-likeness (QED) is 0.228. The zero-order valence-electron chi connectivity index (χ0n) is 16.6. The molecule has 2 aromatic carbocycles. The Labute approximate surface area is 162 Å². The van der Waals surface area contributed by atoms with E-state index in [2.05, 4.69) is 6.92 Å². The summed E-state index contributed by atoms with van der Waals surface area (Å²) >= 11 is 0. The van der Waals surface area contributed by atoms with E-state index in [0.717, 1.165) is 12.8 Å². The van der Waals surface area contributed by atoms with Gasteiger partial charge in [-0.1, -0.05) is 89.3 Å². The summed E-state index contributed by atoms with van der Waals surface area (Å²) in [6.45, 7) is 2.25. The molecule has 2 aromatic rings. The summed E-state index contributed by atoms with van der Waals surface area (Å²) < 4.78 is 0. The van der Waals surface area contributed by atoms with Gasteiger partial charge in [0.25, 0.3) is 5.69 Å². The van der Waals surface area contributed by atoms with Crippen LogP contribution in [0.1, 0.15) is 83.1 Å². The highest BCUT2D eigenvalue weighted by Crippen LogP contribution is 2.36. The lowest BCUT2D eigenvalue weighted by molar-refractivity contribution is -0.383. The maximum atomic E-state index is 11.4. The van der Waals surface area contributed by atoms with Gasteiger partial charge in [0, 0.05) is 17.0 Å². The lowest BCUT2D eigenvalue weighted by atomic mass is 9.98. The van der Waals surface area contributed by atoms with Gasteiger partial charge in [-0.15, -0.1) is 0 Å². The van der Waals surface area contributed by atoms with Crippen LogP contribution in [0.25, 0.3) is 10.8 Å². The highest BCUT2D eigenvalue weighted by atomic mass is 16.6. The third-order valence-electron chi connectivity index (χ3n) is 5.32. The fourth-order valence-electron chi connectivity index (χ4n) is 3.72. The average molecular weight is 372 g/mol. The molecule has 2 rings (SSSR count). The van der Waals surface area contributed by atoms with Gasteiger partial charge in [0.05, 0.1) is 10.3 Å². The molecule has 0 atom stereocenters. The number of rotatable bonds is 13. The first-order valence-electron chi connectivity index (χ1n) is 10.5. The summed E-state index contributed by atoms with van der Waals surface area (Å²) in [7, 11) is 0. The van der Waals surface area contributed by atoms with E-state index in [9.17, 15) is 15.2 Å². The topological polar surface area (TPSA) is 63.4 Å². The fourth-order valence-corrected chi connectivity index (χ4v) is 3.72. The number of benzene rings is 2. The van der Waals surface area contributed by atoms with Crippen LogP contribution in [0.3, 0.4) is 0 Å². The van der Waals surface area contributed by atoms with Gasteiger partial charge in [-0.25, -0.2) is 0 Å². The Morgan fingerprint density at radius 2 is 1.37 bits per heavy atom. The van der Waals surface area contributed by atoms with E-state index in [4.69, 9.17) is 0 Å². The van der Waals surface area contributed by atoms with Crippen molar-refractivity contribution in [1.29, 1.82) is 0 Å². The largest absolute Gasteiger partial charge is 0.507 e. The van der Waals surface area contributed by atoms with E-state index in [1.165, 1.54) is 57.8 Å². The van der Waals surface area contributed by atoms with E-state index >= 15 is 0 Å². The van der Waals surface area contributed by atoms with Crippen molar-refractivity contribution in [2.75, 3.05) is 0 Å². The molecule has 0 bridgehead atoms. The molecule has 148 valence electrons. The summed E-state index contributed by atoms with van der Waals surface area (Å²) in [5.41, 5.74) is 0.776. The van der Waals surface area contributed by atoms with Gasteiger partial charge in [-0.3, -0.25) is 10.1 Å². The molecule has 0 saturated carbocycles. The monoisotopic (exact) mass is 371 g/mol. The van der Waals surface area contributed by atoms with Crippen LogP contribution in [0.15, 0.2) is 30.3 Å². The number of hydrogen-bond acceptors (Lipinski definition) is 3. The maximum absolute atomic E-state index is 11.4. The first-order chi connectivity index (χ1) is 13.1. The van der Waals surface area contributed by atoms with Gasteiger partial charge in [-0.2, -0.15) is 0 Å². The molecular formula is C23H33NO3. The summed E-state index contributed by atoms with van der Waals surface area (Å²) in [5, 5.41) is 22.9. The van der Waals surface area contributed by atoms with Crippen molar-refractivity contribution in [2.45, 2.75) is 84.0 Å². The zero-order valence-corrected chi connectivity index (χ0v) is 16.6. The third-order valence-corrected chi connectivity index (χ3v) is 5.32. The Kier molecular flexibility index (Phi) is 9.09. The predicted molar refractivity (Wildman–Crippen MR) is 112 cm³/mol. The van der Waals surface area contributed by atoms with Crippen molar-refractivity contribution in [3.05, 3.63) is 46.0 Å². The van der Waals surface area contributed by atoms with E-state index in [-0.39, 0.29) is 16.4 Å². The molecule has 27 heavy (non-hydrogen) atoms. The minimum atomic E-state index is -0.355. The minimum absolute atomic E-state index is 0.0847. The SMILES string of the molecule is CCCCCCCCCCCCCc1cc([N+](=O)[O-])c2ccccc2c1O. The van der Waals surface area contributed by atoms with Crippen molar-refractivity contribution in [3.63, 3.8) is 0 Å². The number of fused-ring (bicyclic) bond motifs is 1. The number of nitro groups is 1. The van der Waals surface area contributed by atoms with Crippen LogP contribution in [0, 0.1) is 10.1 Å². The highest BCUT2D eigenvalue weighted by molar-refractivity contribution is 5.96. The molecule has 4 heteroatoms. The molecule has 1 N–H and O–H groups in total. The number of hydrogen-bond donors (Lipinski definition) is 1. The van der Waals surface area contributed by atoms with Crippen LogP contribution in [-0.4, -0.2) is 10.0 Å². The van der Waals surface area contributed by atoms with Crippen LogP contribution in [0.4, 0.5) is 5.69 Å². The molecule has 0 saturated heterocycles. The number of non-ortho nitro benzene ring substituents is 1. The second kappa shape index (κ2) is 11.6. The second-order valence-corrected chi connectivity index (χ2v) is 7.49. The van der Waals surface area contributed by atoms with Gasteiger partial charge in [0.15, 0.2) is 0 Å². The molecule has 0 aliphatic rings.